The zero-order valence-electron chi connectivity index (χ0n) is 5.31. The zero-order chi connectivity index (χ0) is 7.07. The molecule has 0 saturated carbocycles. The normalized spacial score (nSPS) is 23.6. The Hall–Kier alpha value is -0.800. The van der Waals surface area contributed by atoms with Gasteiger partial charge in [0.15, 0.2) is 0 Å². The van der Waals surface area contributed by atoms with Crippen molar-refractivity contribution in [2.75, 3.05) is 14.1 Å². The second-order valence-corrected chi connectivity index (χ2v) is 2.03. The van der Waals surface area contributed by atoms with Crippen LogP contribution in [0.3, 0.4) is 0 Å². The second-order valence-electron chi connectivity index (χ2n) is 2.03. The van der Waals surface area contributed by atoms with Crippen molar-refractivity contribution < 1.29 is 8.78 Å². The standard InChI is InChI=1S/C5H8F2N2/c1-8-3-4-9(2)5(8,6)7/h3-4H,1-2H3. The van der Waals surface area contributed by atoms with Crippen LogP contribution >= 0.6 is 0 Å². The van der Waals surface area contributed by atoms with Crippen LogP contribution < -0.4 is 0 Å². The second kappa shape index (κ2) is 1.59. The molecule has 0 amide bonds. The van der Waals surface area contributed by atoms with E-state index >= 15 is 0 Å². The Bertz CT molecular complexity index is 130. The van der Waals surface area contributed by atoms with Crippen LogP contribution in [0, 0.1) is 0 Å². The van der Waals surface area contributed by atoms with Crippen molar-refractivity contribution in [3.05, 3.63) is 12.4 Å². The summed E-state index contributed by atoms with van der Waals surface area (Å²) in [7, 11) is 2.67. The SMILES string of the molecule is CN1C=CN(C)C1(F)F. The number of rotatable bonds is 0. The highest BCUT2D eigenvalue weighted by Crippen LogP contribution is 2.26. The Morgan fingerprint density at radius 2 is 1.44 bits per heavy atom. The summed E-state index contributed by atoms with van der Waals surface area (Å²) in [6.07, 6.45) is -0.167. The van der Waals surface area contributed by atoms with Gasteiger partial charge in [-0.1, -0.05) is 0 Å². The van der Waals surface area contributed by atoms with Gasteiger partial charge < -0.3 is 9.80 Å². The molecule has 0 saturated heterocycles. The van der Waals surface area contributed by atoms with Gasteiger partial charge in [-0.3, -0.25) is 0 Å². The van der Waals surface area contributed by atoms with E-state index in [1.165, 1.54) is 26.5 Å². The summed E-state index contributed by atoms with van der Waals surface area (Å²) < 4.78 is 25.0. The zero-order valence-corrected chi connectivity index (χ0v) is 5.31. The van der Waals surface area contributed by atoms with Crippen LogP contribution in [0.4, 0.5) is 8.78 Å². The maximum atomic E-state index is 12.5. The number of halogens is 2. The van der Waals surface area contributed by atoms with Crippen LogP contribution in [0.2, 0.25) is 0 Å². The smallest absolute Gasteiger partial charge is 0.303 e. The van der Waals surface area contributed by atoms with E-state index in [-0.39, 0.29) is 0 Å². The Labute approximate surface area is 52.4 Å². The third-order valence-corrected chi connectivity index (χ3v) is 1.36. The molecule has 1 heterocycles. The molecule has 0 aromatic heterocycles. The van der Waals surface area contributed by atoms with E-state index in [0.29, 0.717) is 0 Å². The molecule has 0 N–H and O–H groups in total. The van der Waals surface area contributed by atoms with Crippen LogP contribution in [-0.4, -0.2) is 30.1 Å². The van der Waals surface area contributed by atoms with Crippen LogP contribution in [0.15, 0.2) is 12.4 Å². The van der Waals surface area contributed by atoms with E-state index in [0.717, 1.165) is 9.80 Å². The highest BCUT2D eigenvalue weighted by Gasteiger charge is 2.40. The molecule has 9 heavy (non-hydrogen) atoms. The van der Waals surface area contributed by atoms with Gasteiger partial charge in [0.25, 0.3) is 0 Å². The van der Waals surface area contributed by atoms with Crippen LogP contribution in [0.25, 0.3) is 0 Å². The highest BCUT2D eigenvalue weighted by atomic mass is 19.3. The Morgan fingerprint density at radius 1 is 1.11 bits per heavy atom. The summed E-state index contributed by atoms with van der Waals surface area (Å²) >= 11 is 0. The van der Waals surface area contributed by atoms with Gasteiger partial charge in [-0.05, 0) is 0 Å². The summed E-state index contributed by atoms with van der Waals surface area (Å²) in [5.41, 5.74) is 0. The molecule has 52 valence electrons. The fraction of sp³-hybridized carbons (Fsp3) is 0.600. The molecule has 0 aromatic carbocycles. The Balaban J connectivity index is 2.76. The average Bonchev–Trinajstić information content (AvgIpc) is 1.96. The molecule has 0 bridgehead atoms. The molecule has 0 radical (unpaired) electrons. The minimum atomic E-state index is -2.83. The van der Waals surface area contributed by atoms with Crippen LogP contribution in [-0.2, 0) is 0 Å². The fourth-order valence-electron chi connectivity index (χ4n) is 0.628. The third kappa shape index (κ3) is 0.742. The van der Waals surface area contributed by atoms with Gasteiger partial charge in [-0.2, -0.15) is 8.78 Å². The number of alkyl halides is 2. The molecule has 1 aliphatic heterocycles. The first-order chi connectivity index (χ1) is 4.05. The van der Waals surface area contributed by atoms with Gasteiger partial charge in [-0.25, -0.2) is 0 Å². The van der Waals surface area contributed by atoms with Crippen LogP contribution in [0.5, 0.6) is 0 Å². The van der Waals surface area contributed by atoms with Crippen molar-refractivity contribution in [2.45, 2.75) is 6.17 Å². The summed E-state index contributed by atoms with van der Waals surface area (Å²) in [6.45, 7) is 0. The van der Waals surface area contributed by atoms with Crippen molar-refractivity contribution in [1.82, 2.24) is 9.80 Å². The molecule has 0 aromatic rings. The first kappa shape index (κ1) is 6.32. The van der Waals surface area contributed by atoms with E-state index in [1.807, 2.05) is 0 Å². The molecule has 4 heteroatoms. The number of hydrogen-bond donors (Lipinski definition) is 0. The topological polar surface area (TPSA) is 6.48 Å². The van der Waals surface area contributed by atoms with E-state index < -0.39 is 6.17 Å². The maximum absolute atomic E-state index is 12.5. The van der Waals surface area contributed by atoms with Gasteiger partial charge in [0.1, 0.15) is 0 Å². The summed E-state index contributed by atoms with van der Waals surface area (Å²) in [6, 6.07) is 0. The summed E-state index contributed by atoms with van der Waals surface area (Å²) in [5, 5.41) is 0. The van der Waals surface area contributed by atoms with Crippen molar-refractivity contribution in [1.29, 1.82) is 0 Å². The molecule has 0 unspecified atom stereocenters. The molecular formula is C5H8F2N2. The number of hydrogen-bond acceptors (Lipinski definition) is 2. The number of nitrogens with zero attached hydrogens (tertiary/aromatic N) is 2. The fourth-order valence-corrected chi connectivity index (χ4v) is 0.628. The van der Waals surface area contributed by atoms with Gasteiger partial charge in [-0.15, -0.1) is 0 Å². The van der Waals surface area contributed by atoms with Crippen molar-refractivity contribution in [2.24, 2.45) is 0 Å². The highest BCUT2D eigenvalue weighted by molar-refractivity contribution is 4.93. The van der Waals surface area contributed by atoms with Gasteiger partial charge in [0.2, 0.25) is 0 Å². The molecule has 0 aliphatic carbocycles. The van der Waals surface area contributed by atoms with E-state index in [1.54, 1.807) is 0 Å². The third-order valence-electron chi connectivity index (χ3n) is 1.36. The first-order valence-electron chi connectivity index (χ1n) is 2.57. The minimum absolute atomic E-state index is 0.854. The molecule has 0 atom stereocenters. The van der Waals surface area contributed by atoms with E-state index in [9.17, 15) is 8.78 Å². The molecule has 1 aliphatic rings. The largest absolute Gasteiger partial charge is 0.412 e. The Morgan fingerprint density at radius 3 is 1.56 bits per heavy atom. The molecule has 2 nitrogen and oxygen atoms in total. The quantitative estimate of drug-likeness (QED) is 0.454. The molecular weight excluding hydrogens is 126 g/mol. The lowest BCUT2D eigenvalue weighted by atomic mass is 10.7. The van der Waals surface area contributed by atoms with Crippen molar-refractivity contribution >= 4 is 0 Å². The van der Waals surface area contributed by atoms with Gasteiger partial charge >= 0.3 is 6.17 Å². The van der Waals surface area contributed by atoms with E-state index in [2.05, 4.69) is 0 Å². The maximum Gasteiger partial charge on any atom is 0.412 e. The minimum Gasteiger partial charge on any atom is -0.303 e. The first-order valence-corrected chi connectivity index (χ1v) is 2.57. The monoisotopic (exact) mass is 134 g/mol. The summed E-state index contributed by atoms with van der Waals surface area (Å²) in [5.74, 6) is 0. The van der Waals surface area contributed by atoms with Gasteiger partial charge in [0, 0.05) is 26.5 Å². The lowest BCUT2D eigenvalue weighted by molar-refractivity contribution is -0.185. The Kier molecular flexibility index (Phi) is 1.12. The average molecular weight is 134 g/mol. The molecule has 0 fully saturated rings. The van der Waals surface area contributed by atoms with Crippen LogP contribution in [0.1, 0.15) is 0 Å². The van der Waals surface area contributed by atoms with Crippen molar-refractivity contribution in [3.8, 4) is 0 Å². The predicted octanol–water partition coefficient (Wildman–Crippen LogP) is 0.885. The van der Waals surface area contributed by atoms with Crippen molar-refractivity contribution in [3.63, 3.8) is 0 Å². The predicted molar refractivity (Wildman–Crippen MR) is 29.6 cm³/mol. The lowest BCUT2D eigenvalue weighted by Crippen LogP contribution is -2.41. The lowest BCUT2D eigenvalue weighted by Gasteiger charge is -2.25. The molecule has 1 rings (SSSR count). The van der Waals surface area contributed by atoms with E-state index in [4.69, 9.17) is 0 Å². The summed E-state index contributed by atoms with van der Waals surface area (Å²) in [4.78, 5) is 1.71. The molecule has 0 spiro atoms. The van der Waals surface area contributed by atoms with Gasteiger partial charge in [0.05, 0.1) is 0 Å².